The van der Waals surface area contributed by atoms with Gasteiger partial charge in [0, 0.05) is 18.3 Å². The van der Waals surface area contributed by atoms with Crippen molar-refractivity contribution >= 4 is 11.6 Å². The summed E-state index contributed by atoms with van der Waals surface area (Å²) in [4.78, 5) is 12.3. The van der Waals surface area contributed by atoms with E-state index in [2.05, 4.69) is 29.7 Å². The Balaban J connectivity index is 1.59. The highest BCUT2D eigenvalue weighted by molar-refractivity contribution is 5.81. The van der Waals surface area contributed by atoms with Crippen LogP contribution in [0.3, 0.4) is 0 Å². The van der Waals surface area contributed by atoms with Crippen molar-refractivity contribution in [3.8, 4) is 0 Å². The Morgan fingerprint density at radius 3 is 2.89 bits per heavy atom. The minimum atomic E-state index is 0.0671. The van der Waals surface area contributed by atoms with E-state index in [-0.39, 0.29) is 11.8 Å². The highest BCUT2D eigenvalue weighted by Crippen LogP contribution is 2.30. The van der Waals surface area contributed by atoms with Gasteiger partial charge in [-0.3, -0.25) is 4.79 Å². The second-order valence-corrected chi connectivity index (χ2v) is 5.93. The second kappa shape index (κ2) is 5.24. The molecule has 1 aromatic rings. The number of para-hydroxylation sites is 1. The lowest BCUT2D eigenvalue weighted by Gasteiger charge is -2.33. The molecule has 3 rings (SSSR count). The number of anilines is 1. The van der Waals surface area contributed by atoms with Gasteiger partial charge >= 0.3 is 0 Å². The van der Waals surface area contributed by atoms with Gasteiger partial charge in [0.1, 0.15) is 0 Å². The van der Waals surface area contributed by atoms with Gasteiger partial charge in [-0.1, -0.05) is 24.6 Å². The van der Waals surface area contributed by atoms with Crippen LogP contribution in [0.4, 0.5) is 5.69 Å². The Morgan fingerprint density at radius 2 is 2.16 bits per heavy atom. The van der Waals surface area contributed by atoms with Crippen molar-refractivity contribution in [2.45, 2.75) is 38.6 Å². The molecule has 1 fully saturated rings. The van der Waals surface area contributed by atoms with Gasteiger partial charge in [-0.05, 0) is 43.7 Å². The molecule has 102 valence electrons. The molecule has 1 saturated carbocycles. The summed E-state index contributed by atoms with van der Waals surface area (Å²) in [5.41, 5.74) is 2.43. The summed E-state index contributed by atoms with van der Waals surface area (Å²) in [5.74, 6) is 0.978. The fourth-order valence-electron chi connectivity index (χ4n) is 3.03. The molecule has 0 saturated heterocycles. The minimum absolute atomic E-state index is 0.0671. The number of carbonyl (C=O) groups is 1. The molecule has 2 aliphatic rings. The quantitative estimate of drug-likeness (QED) is 0.875. The summed E-state index contributed by atoms with van der Waals surface area (Å²) >= 11 is 0. The van der Waals surface area contributed by atoms with E-state index in [4.69, 9.17) is 0 Å². The number of hydrogen-bond donors (Lipinski definition) is 2. The van der Waals surface area contributed by atoms with Crippen LogP contribution < -0.4 is 10.6 Å². The average Bonchev–Trinajstić information content (AvgIpc) is 2.36. The van der Waals surface area contributed by atoms with Crippen LogP contribution >= 0.6 is 0 Å². The molecule has 2 atom stereocenters. The van der Waals surface area contributed by atoms with Gasteiger partial charge in [-0.2, -0.15) is 0 Å². The molecule has 0 bridgehead atoms. The SMILES string of the molecule is CC(NC(=O)C1CNc2ccccc2C1)C1CCC1. The maximum Gasteiger partial charge on any atom is 0.225 e. The maximum atomic E-state index is 12.3. The molecule has 1 amide bonds. The lowest BCUT2D eigenvalue weighted by atomic mass is 9.80. The summed E-state index contributed by atoms with van der Waals surface area (Å²) in [6.07, 6.45) is 4.72. The molecule has 0 spiro atoms. The molecule has 1 aliphatic heterocycles. The molecule has 3 heteroatoms. The van der Waals surface area contributed by atoms with E-state index < -0.39 is 0 Å². The van der Waals surface area contributed by atoms with Crippen molar-refractivity contribution in [3.63, 3.8) is 0 Å². The molecular formula is C16H22N2O. The van der Waals surface area contributed by atoms with Crippen LogP contribution in [-0.4, -0.2) is 18.5 Å². The van der Waals surface area contributed by atoms with Gasteiger partial charge in [-0.25, -0.2) is 0 Å². The van der Waals surface area contributed by atoms with Crippen LogP contribution in [0.25, 0.3) is 0 Å². The molecule has 1 aliphatic carbocycles. The standard InChI is InChI=1S/C16H22N2O/c1-11(12-6-4-7-12)18-16(19)14-9-13-5-2-3-8-15(13)17-10-14/h2-3,5,8,11-12,14,17H,4,6-7,9-10H2,1H3,(H,18,19). The van der Waals surface area contributed by atoms with Gasteiger partial charge in [0.2, 0.25) is 5.91 Å². The zero-order chi connectivity index (χ0) is 13.2. The fraction of sp³-hybridized carbons (Fsp3) is 0.562. The fourth-order valence-corrected chi connectivity index (χ4v) is 3.03. The third-order valence-electron chi connectivity index (χ3n) is 4.62. The summed E-state index contributed by atoms with van der Waals surface area (Å²) in [5, 5.41) is 6.57. The first-order chi connectivity index (χ1) is 9.24. The summed E-state index contributed by atoms with van der Waals surface area (Å²) in [7, 11) is 0. The van der Waals surface area contributed by atoms with Crippen LogP contribution in [-0.2, 0) is 11.2 Å². The first-order valence-corrected chi connectivity index (χ1v) is 7.36. The molecular weight excluding hydrogens is 236 g/mol. The number of benzene rings is 1. The Morgan fingerprint density at radius 1 is 1.37 bits per heavy atom. The summed E-state index contributed by atoms with van der Waals surface area (Å²) in [6.45, 7) is 2.90. The largest absolute Gasteiger partial charge is 0.384 e. The monoisotopic (exact) mass is 258 g/mol. The Bertz CT molecular complexity index is 468. The highest BCUT2D eigenvalue weighted by atomic mass is 16.2. The third-order valence-corrected chi connectivity index (χ3v) is 4.62. The summed E-state index contributed by atoms with van der Waals surface area (Å²) in [6, 6.07) is 8.60. The van der Waals surface area contributed by atoms with Crippen molar-refractivity contribution < 1.29 is 4.79 Å². The van der Waals surface area contributed by atoms with E-state index in [0.717, 1.165) is 13.0 Å². The highest BCUT2D eigenvalue weighted by Gasteiger charge is 2.29. The Kier molecular flexibility index (Phi) is 3.45. The summed E-state index contributed by atoms with van der Waals surface area (Å²) < 4.78 is 0. The van der Waals surface area contributed by atoms with Crippen molar-refractivity contribution in [1.82, 2.24) is 5.32 Å². The van der Waals surface area contributed by atoms with Crippen molar-refractivity contribution in [2.24, 2.45) is 11.8 Å². The van der Waals surface area contributed by atoms with E-state index >= 15 is 0 Å². The number of fused-ring (bicyclic) bond motifs is 1. The molecule has 0 radical (unpaired) electrons. The first-order valence-electron chi connectivity index (χ1n) is 7.36. The predicted octanol–water partition coefficient (Wildman–Crippen LogP) is 2.58. The number of nitrogens with one attached hydrogen (secondary N) is 2. The van der Waals surface area contributed by atoms with Crippen LogP contribution in [0, 0.1) is 11.8 Å². The van der Waals surface area contributed by atoms with Gasteiger partial charge in [-0.15, -0.1) is 0 Å². The topological polar surface area (TPSA) is 41.1 Å². The van der Waals surface area contributed by atoms with E-state index in [0.29, 0.717) is 12.0 Å². The van der Waals surface area contributed by atoms with Crippen molar-refractivity contribution in [3.05, 3.63) is 29.8 Å². The van der Waals surface area contributed by atoms with Gasteiger partial charge < -0.3 is 10.6 Å². The van der Waals surface area contributed by atoms with E-state index in [1.807, 2.05) is 12.1 Å². The van der Waals surface area contributed by atoms with E-state index in [9.17, 15) is 4.79 Å². The second-order valence-electron chi connectivity index (χ2n) is 5.93. The zero-order valence-corrected chi connectivity index (χ0v) is 11.5. The van der Waals surface area contributed by atoms with Gasteiger partial charge in [0.25, 0.3) is 0 Å². The van der Waals surface area contributed by atoms with Crippen LogP contribution in [0.5, 0.6) is 0 Å². The smallest absolute Gasteiger partial charge is 0.225 e. The van der Waals surface area contributed by atoms with Crippen LogP contribution in [0.15, 0.2) is 24.3 Å². The van der Waals surface area contributed by atoms with E-state index in [1.165, 1.54) is 30.5 Å². The zero-order valence-electron chi connectivity index (χ0n) is 11.5. The van der Waals surface area contributed by atoms with Crippen LogP contribution in [0.1, 0.15) is 31.7 Å². The lowest BCUT2D eigenvalue weighted by Crippen LogP contribution is -2.46. The van der Waals surface area contributed by atoms with Crippen LogP contribution in [0.2, 0.25) is 0 Å². The van der Waals surface area contributed by atoms with Gasteiger partial charge in [0.15, 0.2) is 0 Å². The Labute approximate surface area is 114 Å². The minimum Gasteiger partial charge on any atom is -0.384 e. The number of carbonyl (C=O) groups excluding carboxylic acids is 1. The molecule has 1 heterocycles. The third kappa shape index (κ3) is 2.60. The average molecular weight is 258 g/mol. The number of amides is 1. The molecule has 1 aromatic carbocycles. The molecule has 19 heavy (non-hydrogen) atoms. The van der Waals surface area contributed by atoms with Gasteiger partial charge in [0.05, 0.1) is 5.92 Å². The maximum absolute atomic E-state index is 12.3. The number of rotatable bonds is 3. The molecule has 2 N–H and O–H groups in total. The first kappa shape index (κ1) is 12.5. The molecule has 0 aromatic heterocycles. The molecule has 3 nitrogen and oxygen atoms in total. The number of hydrogen-bond acceptors (Lipinski definition) is 2. The predicted molar refractivity (Wildman–Crippen MR) is 77.1 cm³/mol. The van der Waals surface area contributed by atoms with Crippen molar-refractivity contribution in [1.29, 1.82) is 0 Å². The van der Waals surface area contributed by atoms with Crippen molar-refractivity contribution in [2.75, 3.05) is 11.9 Å². The lowest BCUT2D eigenvalue weighted by molar-refractivity contribution is -0.125. The van der Waals surface area contributed by atoms with E-state index in [1.54, 1.807) is 0 Å². The molecule has 2 unspecified atom stereocenters. The normalized spacial score (nSPS) is 23.7. The Hall–Kier alpha value is -1.51.